The van der Waals surface area contributed by atoms with Gasteiger partial charge < -0.3 is 57.2 Å². The Hall–Kier alpha value is 1.32. The van der Waals surface area contributed by atoms with E-state index in [0.29, 0.717) is 49.4 Å². The molecule has 0 spiro atoms. The standard InChI is InChI=1S/4C8H19O4P.Zr/c4*1-8(2)6-4-3-5-7-12-13(9,10)11;/h4*8H,3-7H2,1-2H3,(H2,9,10,11);/q;;;;+4/p-4. The van der Waals surface area contributed by atoms with Crippen LogP contribution in [0.3, 0.4) is 0 Å². The van der Waals surface area contributed by atoms with Gasteiger partial charge >= 0.3 is 26.2 Å². The molecule has 0 bridgehead atoms. The number of phosphoric acid groups is 4. The molecule has 0 amide bonds. The number of hydrogen-bond acceptors (Lipinski definition) is 12. The van der Waals surface area contributed by atoms with Gasteiger partial charge in [0.15, 0.2) is 0 Å². The summed E-state index contributed by atoms with van der Waals surface area (Å²) in [6.45, 7) is 17.6. The molecule has 0 fully saturated rings. The molecule has 0 heterocycles. The number of rotatable bonds is 28. The van der Waals surface area contributed by atoms with Gasteiger partial charge in [-0.05, 0) is 49.4 Å². The summed E-state index contributed by atoms with van der Waals surface area (Å²) in [5.41, 5.74) is 0. The average molecular weight is 928 g/mol. The fourth-order valence-electron chi connectivity index (χ4n) is 4.05. The molecule has 0 rings (SSSR count). The van der Waals surface area contributed by atoms with Crippen molar-refractivity contribution in [2.75, 3.05) is 26.4 Å². The van der Waals surface area contributed by atoms with Crippen molar-refractivity contribution in [3.05, 3.63) is 0 Å². The van der Waals surface area contributed by atoms with Crippen molar-refractivity contribution in [3.63, 3.8) is 0 Å². The molecule has 0 aromatic heterocycles. The molecule has 0 aromatic carbocycles. The van der Waals surface area contributed by atoms with Crippen LogP contribution in [0.4, 0.5) is 0 Å². The zero-order chi connectivity index (χ0) is 41.3. The Labute approximate surface area is 339 Å². The second kappa shape index (κ2) is 38.8. The van der Waals surface area contributed by atoms with E-state index in [4.69, 9.17) is 19.6 Å². The Morgan fingerprint density at radius 2 is 0.509 bits per heavy atom. The van der Waals surface area contributed by atoms with Gasteiger partial charge in [0, 0.05) is 0 Å². The second-order valence-electron chi connectivity index (χ2n) is 14.2. The molecule has 0 saturated heterocycles. The molecule has 0 saturated carbocycles. The Morgan fingerprint density at radius 1 is 0.358 bits per heavy atom. The first-order valence-corrected chi connectivity index (χ1v) is 24.4. The molecule has 320 valence electrons. The summed E-state index contributed by atoms with van der Waals surface area (Å²) >= 11 is 0. The Kier molecular flexibility index (Phi) is 46.5. The zero-order valence-corrected chi connectivity index (χ0v) is 39.5. The van der Waals surface area contributed by atoms with Crippen molar-refractivity contribution in [2.45, 2.75) is 158 Å². The fraction of sp³-hybridized carbons (Fsp3) is 1.00. The molecule has 0 aliphatic rings. The fourth-order valence-corrected chi connectivity index (χ4v) is 5.48. The van der Waals surface area contributed by atoms with Gasteiger partial charge in [-0.3, -0.25) is 18.3 Å². The summed E-state index contributed by atoms with van der Waals surface area (Å²) < 4.78 is 57.3. The van der Waals surface area contributed by atoms with E-state index in [-0.39, 0.29) is 52.6 Å². The molecule has 0 aliphatic heterocycles. The predicted octanol–water partition coefficient (Wildman–Crippen LogP) is 6.72. The van der Waals surface area contributed by atoms with Crippen LogP contribution in [0.15, 0.2) is 0 Å². The van der Waals surface area contributed by atoms with E-state index in [1.807, 2.05) is 0 Å². The molecule has 21 heteroatoms. The van der Waals surface area contributed by atoms with Crippen LogP contribution in [0, 0.1) is 23.7 Å². The van der Waals surface area contributed by atoms with E-state index >= 15 is 0 Å². The van der Waals surface area contributed by atoms with Crippen molar-refractivity contribution >= 4 is 31.3 Å². The maximum Gasteiger partial charge on any atom is 4.00 e. The van der Waals surface area contributed by atoms with Crippen LogP contribution in [0.25, 0.3) is 0 Å². The number of hydrogen-bond donors (Lipinski definition) is 4. The minimum atomic E-state index is -4.48. The monoisotopic (exact) mass is 926 g/mol. The van der Waals surface area contributed by atoms with Crippen LogP contribution >= 0.6 is 31.3 Å². The molecular weight excluding hydrogens is 855 g/mol. The molecule has 0 aromatic rings. The minimum absolute atomic E-state index is 0. The van der Waals surface area contributed by atoms with Gasteiger partial charge in [-0.2, -0.15) is 0 Å². The molecule has 4 unspecified atom stereocenters. The maximum atomic E-state index is 10.1. The summed E-state index contributed by atoms with van der Waals surface area (Å²) in [5.74, 6) is 2.74. The van der Waals surface area contributed by atoms with Crippen molar-refractivity contribution < 1.29 is 102 Å². The Balaban J connectivity index is -0.000000192. The normalized spacial score (nSPS) is 15.8. The molecule has 16 nitrogen and oxygen atoms in total. The van der Waals surface area contributed by atoms with Crippen molar-refractivity contribution in [1.82, 2.24) is 0 Å². The van der Waals surface area contributed by atoms with E-state index in [9.17, 15) is 37.8 Å². The van der Waals surface area contributed by atoms with Gasteiger partial charge in [0.05, 0.1) is 26.4 Å². The number of phosphoric ester groups is 4. The molecule has 4 atom stereocenters. The van der Waals surface area contributed by atoms with Gasteiger partial charge in [0.2, 0.25) is 0 Å². The summed E-state index contributed by atoms with van der Waals surface area (Å²) in [4.78, 5) is 73.5. The van der Waals surface area contributed by atoms with Crippen LogP contribution in [0.1, 0.15) is 158 Å². The summed E-state index contributed by atoms with van der Waals surface area (Å²) in [6.07, 6.45) is 15.4. The quantitative estimate of drug-likeness (QED) is 0.0468. The van der Waals surface area contributed by atoms with Crippen molar-refractivity contribution in [1.29, 1.82) is 0 Å². The molecule has 0 radical (unpaired) electrons. The van der Waals surface area contributed by atoms with E-state index in [0.717, 1.165) is 77.0 Å². The van der Waals surface area contributed by atoms with Crippen LogP contribution in [-0.4, -0.2) is 46.0 Å². The van der Waals surface area contributed by atoms with Crippen LogP contribution in [-0.2, 0) is 62.6 Å². The summed E-state index contributed by atoms with van der Waals surface area (Å²) in [5, 5.41) is 0. The first-order valence-electron chi connectivity index (χ1n) is 18.4. The third kappa shape index (κ3) is 82.3. The molecular formula is C32H72O16P4Zr. The van der Waals surface area contributed by atoms with Crippen LogP contribution < -0.4 is 19.6 Å². The first kappa shape index (κ1) is 63.5. The molecule has 4 N–H and O–H groups in total. The molecule has 0 aliphatic carbocycles. The third-order valence-electron chi connectivity index (χ3n) is 6.72. The smallest absolute Gasteiger partial charge is 0.756 e. The van der Waals surface area contributed by atoms with Gasteiger partial charge in [-0.1, -0.05) is 132 Å². The van der Waals surface area contributed by atoms with Crippen molar-refractivity contribution in [2.24, 2.45) is 23.7 Å². The number of unbranched alkanes of at least 4 members (excludes halogenated alkanes) is 8. The van der Waals surface area contributed by atoms with Crippen molar-refractivity contribution in [3.8, 4) is 0 Å². The average Bonchev–Trinajstić information content (AvgIpc) is 2.94. The van der Waals surface area contributed by atoms with E-state index in [1.54, 1.807) is 0 Å². The summed E-state index contributed by atoms with van der Waals surface area (Å²) in [7, 11) is -17.9. The topological polar surface area (TPSA) is 278 Å². The Bertz CT molecular complexity index is 813. The maximum absolute atomic E-state index is 10.1. The SMILES string of the molecule is CC(C)CCCCCOP(=O)([O-])O.CC(C)CCCCCOP(=O)([O-])O.CC(C)CCCCCOP(=O)([O-])O.CC(C)CCCCCOP(=O)([O-])O.[Zr+4]. The van der Waals surface area contributed by atoms with Gasteiger partial charge in [0.25, 0.3) is 31.3 Å². The predicted molar refractivity (Wildman–Crippen MR) is 196 cm³/mol. The van der Waals surface area contributed by atoms with Gasteiger partial charge in [-0.25, -0.2) is 0 Å². The van der Waals surface area contributed by atoms with Gasteiger partial charge in [0.1, 0.15) is 0 Å². The van der Waals surface area contributed by atoms with E-state index in [1.165, 1.54) is 0 Å². The van der Waals surface area contributed by atoms with E-state index < -0.39 is 31.3 Å². The third-order valence-corrected chi connectivity index (χ3v) is 8.76. The second-order valence-corrected chi connectivity index (χ2v) is 19.0. The van der Waals surface area contributed by atoms with Gasteiger partial charge in [-0.15, -0.1) is 0 Å². The minimum Gasteiger partial charge on any atom is -0.756 e. The largest absolute Gasteiger partial charge is 4.00 e. The Morgan fingerprint density at radius 3 is 0.623 bits per heavy atom. The first-order chi connectivity index (χ1) is 23.7. The zero-order valence-electron chi connectivity index (χ0n) is 33.4. The summed E-state index contributed by atoms with van der Waals surface area (Å²) in [6, 6.07) is 0. The van der Waals surface area contributed by atoms with Crippen LogP contribution in [0.2, 0.25) is 0 Å². The van der Waals surface area contributed by atoms with Crippen LogP contribution in [0.5, 0.6) is 0 Å². The molecule has 53 heavy (non-hydrogen) atoms. The van der Waals surface area contributed by atoms with E-state index in [2.05, 4.69) is 73.5 Å².